The van der Waals surface area contributed by atoms with Crippen LogP contribution in [0.15, 0.2) is 95.9 Å². The molecule has 1 heterocycles. The highest BCUT2D eigenvalue weighted by Gasteiger charge is 2.26. The molecule has 164 valence electrons. The second-order valence-corrected chi connectivity index (χ2v) is 8.71. The van der Waals surface area contributed by atoms with Crippen molar-refractivity contribution in [1.29, 1.82) is 0 Å². The first kappa shape index (κ1) is 22.0. The van der Waals surface area contributed by atoms with Gasteiger partial charge in [0.05, 0.1) is 0 Å². The Hall–Kier alpha value is -3.25. The van der Waals surface area contributed by atoms with Gasteiger partial charge in [0.2, 0.25) is 0 Å². The van der Waals surface area contributed by atoms with Crippen LogP contribution in [0.4, 0.5) is 5.69 Å². The van der Waals surface area contributed by atoms with E-state index in [0.717, 1.165) is 29.2 Å². The van der Waals surface area contributed by atoms with Crippen LogP contribution in [0.5, 0.6) is 0 Å². The lowest BCUT2D eigenvalue weighted by Crippen LogP contribution is -2.50. The van der Waals surface area contributed by atoms with E-state index < -0.39 is 11.2 Å². The third-order valence-corrected chi connectivity index (χ3v) is 6.65. The zero-order valence-corrected chi connectivity index (χ0v) is 18.6. The summed E-state index contributed by atoms with van der Waals surface area (Å²) < 4.78 is 5.49. The van der Waals surface area contributed by atoms with Gasteiger partial charge in [-0.15, -0.1) is 11.8 Å². The molecule has 6 heteroatoms. The summed E-state index contributed by atoms with van der Waals surface area (Å²) in [4.78, 5) is 30.6. The Labute approximate surface area is 193 Å². The standard InChI is InChI=1S/C26H26N2O3S/c29-24(28-18-16-27(17-19-28)22-12-6-2-7-13-22)20-31-26(30)25(21-10-4-1-5-11-21)32-23-14-8-3-9-15-23/h1-15,25H,16-20H2/t25-/m1/s1. The van der Waals surface area contributed by atoms with Crippen molar-refractivity contribution in [3.05, 3.63) is 96.6 Å². The van der Waals surface area contributed by atoms with Gasteiger partial charge in [-0.05, 0) is 29.8 Å². The van der Waals surface area contributed by atoms with Crippen LogP contribution in [-0.2, 0) is 14.3 Å². The minimum atomic E-state index is -0.527. The number of piperazine rings is 1. The largest absolute Gasteiger partial charge is 0.454 e. The van der Waals surface area contributed by atoms with E-state index in [4.69, 9.17) is 4.74 Å². The first-order chi connectivity index (χ1) is 15.7. The summed E-state index contributed by atoms with van der Waals surface area (Å²) in [5.41, 5.74) is 2.02. The number of benzene rings is 3. The first-order valence-electron chi connectivity index (χ1n) is 10.7. The summed E-state index contributed by atoms with van der Waals surface area (Å²) in [7, 11) is 0. The Balaban J connectivity index is 1.33. The number of amides is 1. The minimum absolute atomic E-state index is 0.150. The van der Waals surface area contributed by atoms with Gasteiger partial charge in [-0.3, -0.25) is 9.59 Å². The Kier molecular flexibility index (Phi) is 7.46. The average molecular weight is 447 g/mol. The van der Waals surface area contributed by atoms with Crippen molar-refractivity contribution in [2.24, 2.45) is 0 Å². The number of para-hydroxylation sites is 1. The smallest absolute Gasteiger partial charge is 0.324 e. The van der Waals surface area contributed by atoms with Gasteiger partial charge in [-0.25, -0.2) is 0 Å². The van der Waals surface area contributed by atoms with Crippen LogP contribution in [0, 0.1) is 0 Å². The van der Waals surface area contributed by atoms with Crippen LogP contribution in [0.1, 0.15) is 10.8 Å². The fraction of sp³-hybridized carbons (Fsp3) is 0.231. The Morgan fingerprint density at radius 1 is 0.781 bits per heavy atom. The molecule has 3 aromatic carbocycles. The molecule has 1 fully saturated rings. The van der Waals surface area contributed by atoms with Gasteiger partial charge in [0.25, 0.3) is 5.91 Å². The fourth-order valence-corrected chi connectivity index (χ4v) is 4.71. The molecule has 1 aliphatic rings. The van der Waals surface area contributed by atoms with Gasteiger partial charge in [0.1, 0.15) is 5.25 Å². The van der Waals surface area contributed by atoms with E-state index in [-0.39, 0.29) is 12.5 Å². The zero-order valence-electron chi connectivity index (χ0n) is 17.8. The summed E-state index contributed by atoms with van der Waals surface area (Å²) >= 11 is 1.43. The molecular formula is C26H26N2O3S. The lowest BCUT2D eigenvalue weighted by molar-refractivity contribution is -0.151. The maximum absolute atomic E-state index is 13.0. The second kappa shape index (κ2) is 10.9. The summed E-state index contributed by atoms with van der Waals surface area (Å²) in [6.45, 7) is 2.53. The van der Waals surface area contributed by atoms with Crippen LogP contribution in [0.3, 0.4) is 0 Å². The Bertz CT molecular complexity index is 1010. The predicted molar refractivity (Wildman–Crippen MR) is 128 cm³/mol. The normalized spacial score (nSPS) is 14.6. The fourth-order valence-electron chi connectivity index (χ4n) is 3.67. The average Bonchev–Trinajstić information content (AvgIpc) is 2.87. The molecule has 1 saturated heterocycles. The van der Waals surface area contributed by atoms with Crippen LogP contribution in [0.25, 0.3) is 0 Å². The molecule has 0 saturated carbocycles. The van der Waals surface area contributed by atoms with Crippen molar-refractivity contribution in [1.82, 2.24) is 4.90 Å². The molecule has 0 spiro atoms. The number of ether oxygens (including phenoxy) is 1. The monoisotopic (exact) mass is 446 g/mol. The molecule has 3 aromatic rings. The number of carbonyl (C=O) groups excluding carboxylic acids is 2. The molecule has 1 amide bonds. The van der Waals surface area contributed by atoms with E-state index in [1.165, 1.54) is 11.8 Å². The lowest BCUT2D eigenvalue weighted by Gasteiger charge is -2.36. The van der Waals surface area contributed by atoms with Gasteiger partial charge in [-0.1, -0.05) is 66.7 Å². The van der Waals surface area contributed by atoms with Crippen LogP contribution < -0.4 is 4.90 Å². The number of esters is 1. The topological polar surface area (TPSA) is 49.9 Å². The molecule has 1 aliphatic heterocycles. The first-order valence-corrected chi connectivity index (χ1v) is 11.6. The predicted octanol–water partition coefficient (Wildman–Crippen LogP) is 4.41. The van der Waals surface area contributed by atoms with Gasteiger partial charge >= 0.3 is 5.97 Å². The van der Waals surface area contributed by atoms with E-state index in [0.29, 0.717) is 13.1 Å². The number of hydrogen-bond donors (Lipinski definition) is 0. The van der Waals surface area contributed by atoms with E-state index >= 15 is 0 Å². The number of rotatable bonds is 7. The number of anilines is 1. The number of carbonyl (C=O) groups is 2. The van der Waals surface area contributed by atoms with Gasteiger partial charge in [-0.2, -0.15) is 0 Å². The highest BCUT2D eigenvalue weighted by atomic mass is 32.2. The van der Waals surface area contributed by atoms with E-state index in [2.05, 4.69) is 17.0 Å². The van der Waals surface area contributed by atoms with E-state index in [1.807, 2.05) is 78.9 Å². The molecule has 0 radical (unpaired) electrons. The molecule has 32 heavy (non-hydrogen) atoms. The summed E-state index contributed by atoms with van der Waals surface area (Å²) in [5.74, 6) is -0.552. The number of thioether (sulfide) groups is 1. The number of hydrogen-bond acceptors (Lipinski definition) is 5. The molecule has 0 aliphatic carbocycles. The molecule has 0 unspecified atom stereocenters. The van der Waals surface area contributed by atoms with Crippen molar-refractivity contribution >= 4 is 29.3 Å². The highest BCUT2D eigenvalue weighted by Crippen LogP contribution is 2.36. The van der Waals surface area contributed by atoms with Crippen molar-refractivity contribution in [2.45, 2.75) is 10.1 Å². The summed E-state index contributed by atoms with van der Waals surface area (Å²) in [6.07, 6.45) is 0. The maximum atomic E-state index is 13.0. The minimum Gasteiger partial charge on any atom is -0.454 e. The molecule has 1 atom stereocenters. The van der Waals surface area contributed by atoms with Gasteiger partial charge in [0.15, 0.2) is 6.61 Å². The third kappa shape index (κ3) is 5.71. The lowest BCUT2D eigenvalue weighted by atomic mass is 10.1. The zero-order chi connectivity index (χ0) is 22.2. The number of nitrogens with zero attached hydrogens (tertiary/aromatic N) is 2. The summed E-state index contributed by atoms with van der Waals surface area (Å²) in [6, 6.07) is 29.5. The van der Waals surface area contributed by atoms with Crippen molar-refractivity contribution in [3.63, 3.8) is 0 Å². The van der Waals surface area contributed by atoms with Crippen molar-refractivity contribution < 1.29 is 14.3 Å². The van der Waals surface area contributed by atoms with Crippen LogP contribution >= 0.6 is 11.8 Å². The SMILES string of the molecule is O=C(OCC(=O)N1CCN(c2ccccc2)CC1)[C@H](Sc1ccccc1)c1ccccc1. The van der Waals surface area contributed by atoms with E-state index in [9.17, 15) is 9.59 Å². The molecule has 5 nitrogen and oxygen atoms in total. The molecule has 0 bridgehead atoms. The van der Waals surface area contributed by atoms with E-state index in [1.54, 1.807) is 4.90 Å². The summed E-state index contributed by atoms with van der Waals surface area (Å²) in [5, 5.41) is -0.527. The van der Waals surface area contributed by atoms with Crippen LogP contribution in [0.2, 0.25) is 0 Å². The van der Waals surface area contributed by atoms with Gasteiger partial charge in [0, 0.05) is 36.8 Å². The maximum Gasteiger partial charge on any atom is 0.324 e. The highest BCUT2D eigenvalue weighted by molar-refractivity contribution is 8.00. The second-order valence-electron chi connectivity index (χ2n) is 7.53. The van der Waals surface area contributed by atoms with Gasteiger partial charge < -0.3 is 14.5 Å². The molecule has 0 N–H and O–H groups in total. The third-order valence-electron chi connectivity index (χ3n) is 5.41. The van der Waals surface area contributed by atoms with Crippen molar-refractivity contribution in [2.75, 3.05) is 37.7 Å². The molecule has 0 aromatic heterocycles. The molecular weight excluding hydrogens is 420 g/mol. The Morgan fingerprint density at radius 3 is 1.97 bits per heavy atom. The van der Waals surface area contributed by atoms with Crippen LogP contribution in [-0.4, -0.2) is 49.6 Å². The van der Waals surface area contributed by atoms with Crippen molar-refractivity contribution in [3.8, 4) is 0 Å². The Morgan fingerprint density at radius 2 is 1.34 bits per heavy atom. The molecule has 4 rings (SSSR count). The quantitative estimate of drug-likeness (QED) is 0.397.